The Balaban J connectivity index is 1.47. The molecule has 0 unspecified atom stereocenters. The molecule has 1 N–H and O–H groups in total. The van der Waals surface area contributed by atoms with Crippen molar-refractivity contribution >= 4 is 0 Å². The molecule has 0 aromatic heterocycles. The molecule has 0 aromatic carbocycles. The second-order valence-corrected chi connectivity index (χ2v) is 5.66. The van der Waals surface area contributed by atoms with Gasteiger partial charge in [-0.25, -0.2) is 0 Å². The van der Waals surface area contributed by atoms with Crippen molar-refractivity contribution in [3.05, 3.63) is 0 Å². The Morgan fingerprint density at radius 1 is 1.12 bits per heavy atom. The summed E-state index contributed by atoms with van der Waals surface area (Å²) in [4.78, 5) is 2.67. The van der Waals surface area contributed by atoms with E-state index in [-0.39, 0.29) is 0 Å². The summed E-state index contributed by atoms with van der Waals surface area (Å²) in [6.07, 6.45) is 9.90. The van der Waals surface area contributed by atoms with E-state index in [1.54, 1.807) is 0 Å². The van der Waals surface area contributed by atoms with E-state index in [1.807, 2.05) is 0 Å². The minimum absolute atomic E-state index is 0.885. The Hall–Kier alpha value is -0.0800. The maximum Gasteiger partial charge on any atom is 0.00682 e. The van der Waals surface area contributed by atoms with E-state index < -0.39 is 0 Å². The first-order chi connectivity index (χ1) is 7.88. The summed E-state index contributed by atoms with van der Waals surface area (Å²) in [5, 5.41) is 3.60. The molecule has 16 heavy (non-hydrogen) atoms. The van der Waals surface area contributed by atoms with Crippen molar-refractivity contribution in [2.45, 2.75) is 57.9 Å². The average Bonchev–Trinajstić information content (AvgIpc) is 3.11. The van der Waals surface area contributed by atoms with Crippen LogP contribution in [0.15, 0.2) is 0 Å². The molecule has 2 fully saturated rings. The van der Waals surface area contributed by atoms with E-state index in [0.717, 1.165) is 12.0 Å². The molecule has 1 saturated heterocycles. The van der Waals surface area contributed by atoms with Gasteiger partial charge in [0.1, 0.15) is 0 Å². The average molecular weight is 224 g/mol. The van der Waals surface area contributed by atoms with E-state index in [2.05, 4.69) is 17.1 Å². The standard InChI is InChI=1S/C14H28N2/c1-2-4-13-7-11-16(12-8-13)10-3-9-15-14-5-6-14/h13-15H,2-12H2,1H3. The summed E-state index contributed by atoms with van der Waals surface area (Å²) in [5.74, 6) is 1.03. The predicted molar refractivity (Wildman–Crippen MR) is 69.7 cm³/mol. The highest BCUT2D eigenvalue weighted by Crippen LogP contribution is 2.21. The van der Waals surface area contributed by atoms with E-state index in [4.69, 9.17) is 0 Å². The summed E-state index contributed by atoms with van der Waals surface area (Å²) in [7, 11) is 0. The lowest BCUT2D eigenvalue weighted by Crippen LogP contribution is -2.35. The third-order valence-electron chi connectivity index (χ3n) is 4.07. The van der Waals surface area contributed by atoms with Crippen LogP contribution in [0.5, 0.6) is 0 Å². The van der Waals surface area contributed by atoms with Crippen molar-refractivity contribution < 1.29 is 0 Å². The molecule has 1 heterocycles. The second kappa shape index (κ2) is 6.61. The van der Waals surface area contributed by atoms with Crippen molar-refractivity contribution in [2.75, 3.05) is 26.2 Å². The second-order valence-electron chi connectivity index (χ2n) is 5.66. The van der Waals surface area contributed by atoms with Gasteiger partial charge in [0.15, 0.2) is 0 Å². The third-order valence-corrected chi connectivity index (χ3v) is 4.07. The van der Waals surface area contributed by atoms with Crippen LogP contribution < -0.4 is 5.32 Å². The molecule has 2 aliphatic rings. The van der Waals surface area contributed by atoms with Gasteiger partial charge in [0.05, 0.1) is 0 Å². The number of piperidine rings is 1. The van der Waals surface area contributed by atoms with Crippen molar-refractivity contribution in [1.82, 2.24) is 10.2 Å². The van der Waals surface area contributed by atoms with Crippen LogP contribution in [0, 0.1) is 5.92 Å². The summed E-state index contributed by atoms with van der Waals surface area (Å²) < 4.78 is 0. The monoisotopic (exact) mass is 224 g/mol. The highest BCUT2D eigenvalue weighted by atomic mass is 15.1. The van der Waals surface area contributed by atoms with Gasteiger partial charge in [-0.3, -0.25) is 0 Å². The lowest BCUT2D eigenvalue weighted by molar-refractivity contribution is 0.176. The van der Waals surface area contributed by atoms with Gasteiger partial charge in [-0.1, -0.05) is 19.8 Å². The van der Waals surface area contributed by atoms with E-state index in [9.17, 15) is 0 Å². The number of hydrogen-bond acceptors (Lipinski definition) is 2. The van der Waals surface area contributed by atoms with Crippen molar-refractivity contribution in [2.24, 2.45) is 5.92 Å². The van der Waals surface area contributed by atoms with Crippen LogP contribution in [0.4, 0.5) is 0 Å². The minimum atomic E-state index is 0.885. The molecular formula is C14H28N2. The van der Waals surface area contributed by atoms with E-state index in [1.165, 1.54) is 71.1 Å². The zero-order valence-electron chi connectivity index (χ0n) is 10.9. The Morgan fingerprint density at radius 3 is 2.50 bits per heavy atom. The lowest BCUT2D eigenvalue weighted by atomic mass is 9.92. The van der Waals surface area contributed by atoms with Crippen LogP contribution in [0.25, 0.3) is 0 Å². The molecule has 0 amide bonds. The molecule has 2 nitrogen and oxygen atoms in total. The maximum atomic E-state index is 3.60. The highest BCUT2D eigenvalue weighted by molar-refractivity contribution is 4.80. The third kappa shape index (κ3) is 4.42. The zero-order valence-corrected chi connectivity index (χ0v) is 10.9. The quantitative estimate of drug-likeness (QED) is 0.669. The number of nitrogens with one attached hydrogen (secondary N) is 1. The van der Waals surface area contributed by atoms with E-state index in [0.29, 0.717) is 0 Å². The lowest BCUT2D eigenvalue weighted by Gasteiger charge is -2.31. The van der Waals surface area contributed by atoms with Crippen molar-refractivity contribution in [3.63, 3.8) is 0 Å². The van der Waals surface area contributed by atoms with Crippen LogP contribution >= 0.6 is 0 Å². The highest BCUT2D eigenvalue weighted by Gasteiger charge is 2.20. The van der Waals surface area contributed by atoms with Gasteiger partial charge in [0.2, 0.25) is 0 Å². The SMILES string of the molecule is CCCC1CCN(CCCNC2CC2)CC1. The minimum Gasteiger partial charge on any atom is -0.314 e. The molecule has 1 aliphatic heterocycles. The largest absolute Gasteiger partial charge is 0.314 e. The van der Waals surface area contributed by atoms with Crippen LogP contribution in [0.3, 0.4) is 0 Å². The van der Waals surface area contributed by atoms with Crippen molar-refractivity contribution in [1.29, 1.82) is 0 Å². The molecule has 1 aliphatic carbocycles. The molecular weight excluding hydrogens is 196 g/mol. The van der Waals surface area contributed by atoms with Crippen molar-refractivity contribution in [3.8, 4) is 0 Å². The molecule has 0 spiro atoms. The van der Waals surface area contributed by atoms with E-state index >= 15 is 0 Å². The fourth-order valence-electron chi connectivity index (χ4n) is 2.80. The number of rotatable bonds is 7. The first-order valence-electron chi connectivity index (χ1n) is 7.34. The number of hydrogen-bond donors (Lipinski definition) is 1. The van der Waals surface area contributed by atoms with Crippen LogP contribution in [-0.4, -0.2) is 37.1 Å². The van der Waals surface area contributed by atoms with Gasteiger partial charge in [-0.2, -0.15) is 0 Å². The maximum absolute atomic E-state index is 3.60. The van der Waals surface area contributed by atoms with Gasteiger partial charge in [-0.15, -0.1) is 0 Å². The smallest absolute Gasteiger partial charge is 0.00682 e. The first kappa shape index (κ1) is 12.4. The fourth-order valence-corrected chi connectivity index (χ4v) is 2.80. The molecule has 1 saturated carbocycles. The molecule has 0 radical (unpaired) electrons. The van der Waals surface area contributed by atoms with Gasteiger partial charge in [0.25, 0.3) is 0 Å². The van der Waals surface area contributed by atoms with Crippen LogP contribution in [-0.2, 0) is 0 Å². The molecule has 2 rings (SSSR count). The summed E-state index contributed by atoms with van der Waals surface area (Å²) >= 11 is 0. The molecule has 2 heteroatoms. The summed E-state index contributed by atoms with van der Waals surface area (Å²) in [5.41, 5.74) is 0. The molecule has 94 valence electrons. The summed E-state index contributed by atoms with van der Waals surface area (Å²) in [6, 6.07) is 0.885. The Morgan fingerprint density at radius 2 is 1.88 bits per heavy atom. The van der Waals surface area contributed by atoms with Gasteiger partial charge in [0, 0.05) is 6.04 Å². The number of likely N-dealkylation sites (tertiary alicyclic amines) is 1. The predicted octanol–water partition coefficient (Wildman–Crippen LogP) is 2.64. The van der Waals surface area contributed by atoms with Gasteiger partial charge < -0.3 is 10.2 Å². The Labute approximate surface area is 101 Å². The first-order valence-corrected chi connectivity index (χ1v) is 7.34. The molecule has 0 aromatic rings. The zero-order chi connectivity index (χ0) is 11.2. The normalized spacial score (nSPS) is 23.8. The summed E-state index contributed by atoms with van der Waals surface area (Å²) in [6.45, 7) is 7.58. The fraction of sp³-hybridized carbons (Fsp3) is 1.00. The molecule has 0 atom stereocenters. The van der Waals surface area contributed by atoms with Gasteiger partial charge in [-0.05, 0) is 64.2 Å². The van der Waals surface area contributed by atoms with Crippen LogP contribution in [0.2, 0.25) is 0 Å². The topological polar surface area (TPSA) is 15.3 Å². The Kier molecular flexibility index (Phi) is 5.11. The number of nitrogens with zero attached hydrogens (tertiary/aromatic N) is 1. The Bertz CT molecular complexity index is 181. The van der Waals surface area contributed by atoms with Gasteiger partial charge >= 0.3 is 0 Å². The van der Waals surface area contributed by atoms with Crippen LogP contribution in [0.1, 0.15) is 51.9 Å². The molecule has 0 bridgehead atoms.